The Morgan fingerprint density at radius 1 is 1.25 bits per heavy atom. The number of aliphatic hydroxyl groups is 1. The molecule has 0 aliphatic heterocycles. The molecule has 1 aromatic heterocycles. The van der Waals surface area contributed by atoms with Crippen molar-refractivity contribution in [3.8, 4) is 11.1 Å². The average Bonchev–Trinajstić information content (AvgIpc) is 2.96. The standard InChI is InChI=1S/C16H19NO2S/c1-16(2,11-18)17(3)15(19)14-13(9-10-20-14)12-7-5-4-6-8-12/h4-10,18H,11H2,1-3H3. The summed E-state index contributed by atoms with van der Waals surface area (Å²) in [5, 5.41) is 11.3. The summed E-state index contributed by atoms with van der Waals surface area (Å²) in [6, 6.07) is 11.8. The van der Waals surface area contributed by atoms with E-state index in [0.29, 0.717) is 4.88 Å². The molecule has 4 heteroatoms. The number of rotatable bonds is 4. The maximum absolute atomic E-state index is 12.6. The van der Waals surface area contributed by atoms with Gasteiger partial charge in [-0.2, -0.15) is 0 Å². The molecule has 0 unspecified atom stereocenters. The molecular weight excluding hydrogens is 270 g/mol. The van der Waals surface area contributed by atoms with Crippen molar-refractivity contribution < 1.29 is 9.90 Å². The van der Waals surface area contributed by atoms with Gasteiger partial charge in [-0.25, -0.2) is 0 Å². The van der Waals surface area contributed by atoms with E-state index in [9.17, 15) is 9.90 Å². The first-order valence-electron chi connectivity index (χ1n) is 6.49. The summed E-state index contributed by atoms with van der Waals surface area (Å²) < 4.78 is 0. The minimum absolute atomic E-state index is 0.0575. The van der Waals surface area contributed by atoms with Crippen LogP contribution in [0.5, 0.6) is 0 Å². The molecule has 0 fully saturated rings. The summed E-state index contributed by atoms with van der Waals surface area (Å²) in [6.45, 7) is 3.63. The SMILES string of the molecule is CN(C(=O)c1sccc1-c1ccccc1)C(C)(C)CO. The Morgan fingerprint density at radius 3 is 2.50 bits per heavy atom. The molecule has 0 radical (unpaired) electrons. The van der Waals surface area contributed by atoms with Gasteiger partial charge >= 0.3 is 0 Å². The molecule has 0 atom stereocenters. The van der Waals surface area contributed by atoms with Gasteiger partial charge in [-0.3, -0.25) is 4.79 Å². The molecule has 0 saturated heterocycles. The first-order valence-corrected chi connectivity index (χ1v) is 7.37. The van der Waals surface area contributed by atoms with Crippen LogP contribution in [-0.2, 0) is 0 Å². The highest BCUT2D eigenvalue weighted by Crippen LogP contribution is 2.30. The van der Waals surface area contributed by atoms with Crippen molar-refractivity contribution in [3.63, 3.8) is 0 Å². The van der Waals surface area contributed by atoms with Crippen LogP contribution in [0.1, 0.15) is 23.5 Å². The van der Waals surface area contributed by atoms with Gasteiger partial charge in [-0.15, -0.1) is 11.3 Å². The lowest BCUT2D eigenvalue weighted by atomic mass is 10.0. The van der Waals surface area contributed by atoms with E-state index in [0.717, 1.165) is 11.1 Å². The lowest BCUT2D eigenvalue weighted by molar-refractivity contribution is 0.0478. The van der Waals surface area contributed by atoms with Gasteiger partial charge in [0, 0.05) is 12.6 Å². The smallest absolute Gasteiger partial charge is 0.264 e. The topological polar surface area (TPSA) is 40.5 Å². The van der Waals surface area contributed by atoms with E-state index in [1.165, 1.54) is 11.3 Å². The van der Waals surface area contributed by atoms with Crippen molar-refractivity contribution in [1.29, 1.82) is 0 Å². The highest BCUT2D eigenvalue weighted by atomic mass is 32.1. The van der Waals surface area contributed by atoms with E-state index in [-0.39, 0.29) is 12.5 Å². The summed E-state index contributed by atoms with van der Waals surface area (Å²) in [5.74, 6) is -0.0575. The predicted octanol–water partition coefficient (Wildman–Crippen LogP) is 3.26. The van der Waals surface area contributed by atoms with E-state index in [2.05, 4.69) is 0 Å². The van der Waals surface area contributed by atoms with E-state index < -0.39 is 5.54 Å². The monoisotopic (exact) mass is 289 g/mol. The van der Waals surface area contributed by atoms with Crippen LogP contribution in [0.15, 0.2) is 41.8 Å². The van der Waals surface area contributed by atoms with Crippen molar-refractivity contribution in [2.45, 2.75) is 19.4 Å². The zero-order valence-electron chi connectivity index (χ0n) is 12.0. The average molecular weight is 289 g/mol. The van der Waals surface area contributed by atoms with Crippen LogP contribution in [0.25, 0.3) is 11.1 Å². The van der Waals surface area contributed by atoms with Crippen molar-refractivity contribution in [1.82, 2.24) is 4.90 Å². The van der Waals surface area contributed by atoms with E-state index in [1.54, 1.807) is 11.9 Å². The van der Waals surface area contributed by atoms with Crippen LogP contribution in [0.2, 0.25) is 0 Å². The fourth-order valence-corrected chi connectivity index (χ4v) is 2.74. The molecule has 0 aliphatic rings. The number of hydrogen-bond acceptors (Lipinski definition) is 3. The van der Waals surface area contributed by atoms with Gasteiger partial charge in [0.2, 0.25) is 0 Å². The van der Waals surface area contributed by atoms with Crippen molar-refractivity contribution in [2.75, 3.05) is 13.7 Å². The number of carbonyl (C=O) groups is 1. The van der Waals surface area contributed by atoms with Crippen LogP contribution in [0, 0.1) is 0 Å². The molecular formula is C16H19NO2S. The van der Waals surface area contributed by atoms with Crippen LogP contribution in [0.4, 0.5) is 0 Å². The number of benzene rings is 1. The zero-order valence-corrected chi connectivity index (χ0v) is 12.8. The normalized spacial score (nSPS) is 11.4. The second kappa shape index (κ2) is 5.77. The molecule has 1 N–H and O–H groups in total. The summed E-state index contributed by atoms with van der Waals surface area (Å²) in [6.07, 6.45) is 0. The quantitative estimate of drug-likeness (QED) is 0.938. The summed E-state index contributed by atoms with van der Waals surface area (Å²) in [7, 11) is 1.73. The highest BCUT2D eigenvalue weighted by molar-refractivity contribution is 7.12. The highest BCUT2D eigenvalue weighted by Gasteiger charge is 2.29. The predicted molar refractivity (Wildman–Crippen MR) is 83.0 cm³/mol. The molecule has 3 nitrogen and oxygen atoms in total. The molecule has 106 valence electrons. The third-order valence-electron chi connectivity index (χ3n) is 3.54. The number of amides is 1. The fourth-order valence-electron chi connectivity index (χ4n) is 1.85. The summed E-state index contributed by atoms with van der Waals surface area (Å²) in [4.78, 5) is 14.9. The van der Waals surface area contributed by atoms with E-state index in [1.807, 2.05) is 55.6 Å². The molecule has 2 aromatic rings. The lowest BCUT2D eigenvalue weighted by Crippen LogP contribution is -2.47. The number of likely N-dealkylation sites (N-methyl/N-ethyl adjacent to an activating group) is 1. The van der Waals surface area contributed by atoms with Crippen LogP contribution in [-0.4, -0.2) is 35.1 Å². The van der Waals surface area contributed by atoms with Gasteiger partial charge in [0.1, 0.15) is 0 Å². The molecule has 20 heavy (non-hydrogen) atoms. The molecule has 1 amide bonds. The number of hydrogen-bond donors (Lipinski definition) is 1. The fraction of sp³-hybridized carbons (Fsp3) is 0.312. The molecule has 1 heterocycles. The summed E-state index contributed by atoms with van der Waals surface area (Å²) in [5.41, 5.74) is 1.41. The third kappa shape index (κ3) is 2.76. The van der Waals surface area contributed by atoms with Crippen molar-refractivity contribution >= 4 is 17.2 Å². The number of aliphatic hydroxyl groups excluding tert-OH is 1. The zero-order chi connectivity index (χ0) is 14.8. The Kier molecular flexibility index (Phi) is 4.26. The van der Waals surface area contributed by atoms with Gasteiger partial charge in [-0.1, -0.05) is 30.3 Å². The molecule has 0 aliphatic carbocycles. The Balaban J connectivity index is 2.36. The molecule has 0 saturated carbocycles. The molecule has 0 bridgehead atoms. The maximum Gasteiger partial charge on any atom is 0.264 e. The first kappa shape index (κ1) is 14.8. The van der Waals surface area contributed by atoms with Gasteiger partial charge in [0.25, 0.3) is 5.91 Å². The molecule has 1 aromatic carbocycles. The molecule has 2 rings (SSSR count). The number of thiophene rings is 1. The number of carbonyl (C=O) groups excluding carboxylic acids is 1. The Morgan fingerprint density at radius 2 is 1.90 bits per heavy atom. The van der Waals surface area contributed by atoms with Gasteiger partial charge < -0.3 is 10.0 Å². The largest absolute Gasteiger partial charge is 0.394 e. The van der Waals surface area contributed by atoms with E-state index >= 15 is 0 Å². The minimum Gasteiger partial charge on any atom is -0.394 e. The number of nitrogens with zero attached hydrogens (tertiary/aromatic N) is 1. The minimum atomic E-state index is -0.574. The van der Waals surface area contributed by atoms with Crippen LogP contribution in [0.3, 0.4) is 0 Å². The van der Waals surface area contributed by atoms with Crippen molar-refractivity contribution in [2.24, 2.45) is 0 Å². The Bertz CT molecular complexity index is 590. The third-order valence-corrected chi connectivity index (χ3v) is 4.45. The van der Waals surface area contributed by atoms with Gasteiger partial charge in [-0.05, 0) is 30.9 Å². The second-order valence-electron chi connectivity index (χ2n) is 5.36. The summed E-state index contributed by atoms with van der Waals surface area (Å²) >= 11 is 1.43. The Hall–Kier alpha value is -1.65. The van der Waals surface area contributed by atoms with E-state index in [4.69, 9.17) is 0 Å². The van der Waals surface area contributed by atoms with Gasteiger partial charge in [0.05, 0.1) is 17.0 Å². The molecule has 0 spiro atoms. The Labute approximate surface area is 123 Å². The van der Waals surface area contributed by atoms with Crippen molar-refractivity contribution in [3.05, 3.63) is 46.7 Å². The second-order valence-corrected chi connectivity index (χ2v) is 6.28. The maximum atomic E-state index is 12.6. The lowest BCUT2D eigenvalue weighted by Gasteiger charge is -2.33. The van der Waals surface area contributed by atoms with Gasteiger partial charge in [0.15, 0.2) is 0 Å². The van der Waals surface area contributed by atoms with Crippen LogP contribution < -0.4 is 0 Å². The first-order chi connectivity index (χ1) is 9.47. The van der Waals surface area contributed by atoms with Crippen LogP contribution >= 0.6 is 11.3 Å².